The molecule has 6 heteroatoms. The summed E-state index contributed by atoms with van der Waals surface area (Å²) in [5.41, 5.74) is 1.11. The lowest BCUT2D eigenvalue weighted by molar-refractivity contribution is 0.203. The monoisotopic (exact) mass is 334 g/mol. The second-order valence-electron chi connectivity index (χ2n) is 4.63. The predicted molar refractivity (Wildman–Crippen MR) is 91.2 cm³/mol. The number of ether oxygens (including phenoxy) is 1. The third kappa shape index (κ3) is 5.08. The highest BCUT2D eigenvalue weighted by Crippen LogP contribution is 2.31. The maximum Gasteiger partial charge on any atom is 0.161 e. The third-order valence-corrected chi connectivity index (χ3v) is 3.39. The molecule has 1 aromatic rings. The van der Waals surface area contributed by atoms with Gasteiger partial charge in [-0.05, 0) is 24.6 Å². The molecule has 0 amide bonds. The van der Waals surface area contributed by atoms with E-state index in [0.29, 0.717) is 12.4 Å². The number of halogens is 2. The highest BCUT2D eigenvalue weighted by atomic mass is 35.5. The van der Waals surface area contributed by atoms with Crippen LogP contribution >= 0.6 is 24.8 Å². The molecular weight excluding hydrogens is 311 g/mol. The molecule has 1 heterocycles. The van der Waals surface area contributed by atoms with Crippen LogP contribution in [0.1, 0.15) is 18.5 Å². The highest BCUT2D eigenvalue weighted by Gasteiger charge is 2.20. The van der Waals surface area contributed by atoms with Crippen LogP contribution in [-0.4, -0.2) is 42.8 Å². The molecule has 1 aromatic carbocycles. The van der Waals surface area contributed by atoms with Crippen LogP contribution in [0.2, 0.25) is 0 Å². The number of aromatic hydroxyl groups is 1. The summed E-state index contributed by atoms with van der Waals surface area (Å²) in [6.07, 6.45) is 1.95. The van der Waals surface area contributed by atoms with Gasteiger partial charge in [0.15, 0.2) is 11.5 Å². The Morgan fingerprint density at radius 2 is 2.05 bits per heavy atom. The second-order valence-corrected chi connectivity index (χ2v) is 4.63. The zero-order valence-electron chi connectivity index (χ0n) is 12.2. The zero-order chi connectivity index (χ0) is 13.7. The smallest absolute Gasteiger partial charge is 0.161 e. The Morgan fingerprint density at radius 1 is 1.38 bits per heavy atom. The van der Waals surface area contributed by atoms with E-state index in [2.05, 4.69) is 16.8 Å². The number of phenolic OH excluding ortho intramolecular Hbond substituents is 1. The van der Waals surface area contributed by atoms with Crippen LogP contribution in [0.25, 0.3) is 0 Å². The summed E-state index contributed by atoms with van der Waals surface area (Å²) >= 11 is 0. The zero-order valence-corrected chi connectivity index (χ0v) is 13.9. The highest BCUT2D eigenvalue weighted by molar-refractivity contribution is 5.85. The van der Waals surface area contributed by atoms with Crippen LogP contribution in [0, 0.1) is 0 Å². The first-order chi connectivity index (χ1) is 9.26. The van der Waals surface area contributed by atoms with Crippen molar-refractivity contribution in [1.82, 2.24) is 10.2 Å². The van der Waals surface area contributed by atoms with Crippen molar-refractivity contribution in [3.8, 4) is 11.5 Å². The SMILES string of the molecule is C=C[C@H](c1ccc(O)c(OCC)c1)N1CCNCC1.Cl.Cl. The van der Waals surface area contributed by atoms with E-state index in [9.17, 15) is 5.11 Å². The first-order valence-corrected chi connectivity index (χ1v) is 6.79. The lowest BCUT2D eigenvalue weighted by Crippen LogP contribution is -2.44. The van der Waals surface area contributed by atoms with Gasteiger partial charge in [0.2, 0.25) is 0 Å². The lowest BCUT2D eigenvalue weighted by atomic mass is 10.0. The van der Waals surface area contributed by atoms with Gasteiger partial charge in [-0.1, -0.05) is 12.1 Å². The van der Waals surface area contributed by atoms with Gasteiger partial charge in [0.25, 0.3) is 0 Å². The van der Waals surface area contributed by atoms with Crippen molar-refractivity contribution in [2.45, 2.75) is 13.0 Å². The molecule has 0 saturated carbocycles. The van der Waals surface area contributed by atoms with Crippen LogP contribution in [0.4, 0.5) is 0 Å². The fraction of sp³-hybridized carbons (Fsp3) is 0.467. The molecule has 0 aromatic heterocycles. The van der Waals surface area contributed by atoms with E-state index in [1.54, 1.807) is 6.07 Å². The fourth-order valence-electron chi connectivity index (χ4n) is 2.44. The molecule has 4 nitrogen and oxygen atoms in total. The Hall–Kier alpha value is -0.940. The number of nitrogens with zero attached hydrogens (tertiary/aromatic N) is 1. The second kappa shape index (κ2) is 9.90. The number of nitrogens with one attached hydrogen (secondary N) is 1. The van der Waals surface area contributed by atoms with Crippen molar-refractivity contribution >= 4 is 24.8 Å². The van der Waals surface area contributed by atoms with E-state index >= 15 is 0 Å². The number of phenols is 1. The normalized spacial score (nSPS) is 16.2. The molecule has 0 aliphatic carbocycles. The maximum atomic E-state index is 9.76. The summed E-state index contributed by atoms with van der Waals surface area (Å²) in [5, 5.41) is 13.1. The molecule has 21 heavy (non-hydrogen) atoms. The van der Waals surface area contributed by atoms with Crippen LogP contribution in [0.3, 0.4) is 0 Å². The van der Waals surface area contributed by atoms with Crippen molar-refractivity contribution in [2.24, 2.45) is 0 Å². The summed E-state index contributed by atoms with van der Waals surface area (Å²) in [6, 6.07) is 5.71. The largest absolute Gasteiger partial charge is 0.504 e. The molecule has 0 radical (unpaired) electrons. The van der Waals surface area contributed by atoms with E-state index in [-0.39, 0.29) is 36.6 Å². The van der Waals surface area contributed by atoms with Crippen LogP contribution in [-0.2, 0) is 0 Å². The van der Waals surface area contributed by atoms with Crippen LogP contribution < -0.4 is 10.1 Å². The number of hydrogen-bond donors (Lipinski definition) is 2. The molecule has 0 bridgehead atoms. The Kier molecular flexibility index (Phi) is 9.46. The van der Waals surface area contributed by atoms with Gasteiger partial charge in [0.1, 0.15) is 0 Å². The van der Waals surface area contributed by atoms with E-state index < -0.39 is 0 Å². The van der Waals surface area contributed by atoms with Gasteiger partial charge in [0, 0.05) is 26.2 Å². The van der Waals surface area contributed by atoms with Crippen molar-refractivity contribution in [3.63, 3.8) is 0 Å². The molecule has 120 valence electrons. The number of piperazine rings is 1. The molecule has 2 N–H and O–H groups in total. The van der Waals surface area contributed by atoms with Gasteiger partial charge in [-0.15, -0.1) is 31.4 Å². The van der Waals surface area contributed by atoms with E-state index in [0.717, 1.165) is 31.7 Å². The topological polar surface area (TPSA) is 44.7 Å². The Labute approximate surface area is 139 Å². The molecule has 2 rings (SSSR count). The maximum absolute atomic E-state index is 9.76. The minimum absolute atomic E-state index is 0. The van der Waals surface area contributed by atoms with Crippen molar-refractivity contribution < 1.29 is 9.84 Å². The Bertz CT molecular complexity index is 438. The summed E-state index contributed by atoms with van der Waals surface area (Å²) in [4.78, 5) is 2.38. The van der Waals surface area contributed by atoms with Gasteiger partial charge >= 0.3 is 0 Å². The van der Waals surface area contributed by atoms with Crippen molar-refractivity contribution in [1.29, 1.82) is 0 Å². The fourth-order valence-corrected chi connectivity index (χ4v) is 2.44. The summed E-state index contributed by atoms with van der Waals surface area (Å²) in [6.45, 7) is 10.4. The molecule has 1 saturated heterocycles. The molecule has 1 aliphatic heterocycles. The minimum atomic E-state index is 0. The third-order valence-electron chi connectivity index (χ3n) is 3.39. The number of hydrogen-bond acceptors (Lipinski definition) is 4. The summed E-state index contributed by atoms with van der Waals surface area (Å²) in [5.74, 6) is 0.732. The van der Waals surface area contributed by atoms with Gasteiger partial charge in [0.05, 0.1) is 12.6 Å². The van der Waals surface area contributed by atoms with E-state index in [1.165, 1.54) is 0 Å². The van der Waals surface area contributed by atoms with Gasteiger partial charge in [-0.25, -0.2) is 0 Å². The van der Waals surface area contributed by atoms with E-state index in [4.69, 9.17) is 4.74 Å². The molecule has 1 fully saturated rings. The molecular formula is C15H24Cl2N2O2. The van der Waals surface area contributed by atoms with Crippen LogP contribution in [0.5, 0.6) is 11.5 Å². The Balaban J connectivity index is 0.00000200. The summed E-state index contributed by atoms with van der Waals surface area (Å²) in [7, 11) is 0. The lowest BCUT2D eigenvalue weighted by Gasteiger charge is -2.33. The quantitative estimate of drug-likeness (QED) is 0.813. The van der Waals surface area contributed by atoms with E-state index in [1.807, 2.05) is 25.1 Å². The van der Waals surface area contributed by atoms with Gasteiger partial charge < -0.3 is 15.2 Å². The van der Waals surface area contributed by atoms with Gasteiger partial charge in [-0.2, -0.15) is 0 Å². The average Bonchev–Trinajstić information content (AvgIpc) is 2.44. The minimum Gasteiger partial charge on any atom is -0.504 e. The molecule has 1 atom stereocenters. The first-order valence-electron chi connectivity index (χ1n) is 6.79. The number of rotatable bonds is 5. The van der Waals surface area contributed by atoms with Crippen molar-refractivity contribution in [3.05, 3.63) is 36.4 Å². The predicted octanol–water partition coefficient (Wildman–Crippen LogP) is 2.77. The van der Waals surface area contributed by atoms with Gasteiger partial charge in [-0.3, -0.25) is 4.90 Å². The van der Waals surface area contributed by atoms with Crippen molar-refractivity contribution in [2.75, 3.05) is 32.8 Å². The molecule has 0 unspecified atom stereocenters. The first kappa shape index (κ1) is 20.1. The summed E-state index contributed by atoms with van der Waals surface area (Å²) < 4.78 is 5.44. The van der Waals surface area contributed by atoms with Crippen LogP contribution in [0.15, 0.2) is 30.9 Å². The molecule has 1 aliphatic rings. The average molecular weight is 335 g/mol. The standard InChI is InChI=1S/C15H22N2O2.2ClH/c1-3-13(17-9-7-16-8-10-17)12-5-6-14(18)15(11-12)19-4-2;;/h3,5-6,11,13,16,18H,1,4,7-10H2,2H3;2*1H/t13-;;/m1../s1. The molecule has 0 spiro atoms. The Morgan fingerprint density at radius 3 is 2.62 bits per heavy atom. The number of benzene rings is 1.